The van der Waals surface area contributed by atoms with Crippen molar-refractivity contribution in [1.29, 1.82) is 5.26 Å². The van der Waals surface area contributed by atoms with Crippen LogP contribution in [0.4, 0.5) is 10.5 Å². The van der Waals surface area contributed by atoms with Crippen molar-refractivity contribution in [2.45, 2.75) is 13.0 Å². The highest BCUT2D eigenvalue weighted by molar-refractivity contribution is 7.82. The van der Waals surface area contributed by atoms with E-state index in [4.69, 9.17) is 5.26 Å². The quantitative estimate of drug-likeness (QED) is 0.583. The van der Waals surface area contributed by atoms with E-state index in [-0.39, 0.29) is 11.7 Å². The number of hydrogen-bond acceptors (Lipinski definition) is 5. The number of anilines is 1. The highest BCUT2D eigenvalue weighted by Gasteiger charge is 2.20. The van der Waals surface area contributed by atoms with Gasteiger partial charge in [-0.25, -0.2) is 18.9 Å². The van der Waals surface area contributed by atoms with E-state index in [0.717, 1.165) is 9.87 Å². The Labute approximate surface area is 166 Å². The van der Waals surface area contributed by atoms with Crippen molar-refractivity contribution in [1.82, 2.24) is 10.3 Å². The van der Waals surface area contributed by atoms with Crippen LogP contribution in [-0.4, -0.2) is 22.1 Å². The first-order valence-corrected chi connectivity index (χ1v) is 8.73. The molecule has 2 amide bonds. The Morgan fingerprint density at radius 1 is 1.18 bits per heavy atom. The lowest BCUT2D eigenvalue weighted by molar-refractivity contribution is 0.0693. The van der Waals surface area contributed by atoms with Gasteiger partial charge in [-0.3, -0.25) is 0 Å². The van der Waals surface area contributed by atoms with E-state index < -0.39 is 12.0 Å². The van der Waals surface area contributed by atoms with Crippen molar-refractivity contribution < 1.29 is 14.7 Å². The summed E-state index contributed by atoms with van der Waals surface area (Å²) in [5.74, 6) is -1.15. The number of carboxylic acids is 1. The Balaban J connectivity index is 1.86. The third kappa shape index (κ3) is 3.75. The van der Waals surface area contributed by atoms with Gasteiger partial charge in [0.1, 0.15) is 0 Å². The molecule has 28 heavy (non-hydrogen) atoms. The molecule has 0 spiro atoms. The van der Waals surface area contributed by atoms with E-state index in [9.17, 15) is 14.7 Å². The monoisotopic (exact) mass is 392 g/mol. The third-order valence-corrected chi connectivity index (χ3v) is 4.67. The van der Waals surface area contributed by atoms with Gasteiger partial charge < -0.3 is 10.4 Å². The molecule has 7 nitrogen and oxygen atoms in total. The Kier molecular flexibility index (Phi) is 5.47. The van der Waals surface area contributed by atoms with Crippen LogP contribution < -0.4 is 9.62 Å². The summed E-state index contributed by atoms with van der Waals surface area (Å²) in [4.78, 5) is 28.0. The number of hydrogen-bond donors (Lipinski definition) is 3. The molecule has 0 aliphatic rings. The first-order valence-electron chi connectivity index (χ1n) is 8.33. The Hall–Kier alpha value is -3.57. The third-order valence-electron chi connectivity index (χ3n) is 4.28. The van der Waals surface area contributed by atoms with Gasteiger partial charge in [0.05, 0.1) is 29.6 Å². The van der Waals surface area contributed by atoms with E-state index in [1.807, 2.05) is 13.0 Å². The second-order valence-electron chi connectivity index (χ2n) is 6.06. The zero-order valence-electron chi connectivity index (χ0n) is 14.8. The van der Waals surface area contributed by atoms with Gasteiger partial charge in [-0.15, -0.1) is 0 Å². The van der Waals surface area contributed by atoms with Crippen LogP contribution >= 0.6 is 12.8 Å². The zero-order valence-corrected chi connectivity index (χ0v) is 15.7. The minimum Gasteiger partial charge on any atom is -0.476 e. The van der Waals surface area contributed by atoms with E-state index in [0.29, 0.717) is 22.0 Å². The van der Waals surface area contributed by atoms with Crippen LogP contribution in [0.2, 0.25) is 0 Å². The number of thiol groups is 1. The number of pyridine rings is 1. The van der Waals surface area contributed by atoms with Gasteiger partial charge in [0.25, 0.3) is 0 Å². The number of aromatic carboxylic acids is 1. The molecule has 0 saturated carbocycles. The average molecular weight is 392 g/mol. The number of carbonyl (C=O) groups is 2. The van der Waals surface area contributed by atoms with Crippen LogP contribution in [0, 0.1) is 11.3 Å². The Morgan fingerprint density at radius 2 is 1.82 bits per heavy atom. The second-order valence-corrected chi connectivity index (χ2v) is 6.46. The molecule has 0 aliphatic heterocycles. The van der Waals surface area contributed by atoms with Gasteiger partial charge >= 0.3 is 12.0 Å². The molecular formula is C20H16N4O3S. The zero-order chi connectivity index (χ0) is 20.3. The van der Waals surface area contributed by atoms with Crippen LogP contribution in [0.3, 0.4) is 0 Å². The number of nitrogens with one attached hydrogen (secondary N) is 1. The maximum Gasteiger partial charge on any atom is 0.355 e. The SMILES string of the molecule is CC(NC(=O)N(S)c1cnc(C(=O)O)c2ccccc12)c1ccc(C#N)cc1. The molecule has 1 aromatic heterocycles. The second kappa shape index (κ2) is 7.98. The summed E-state index contributed by atoms with van der Waals surface area (Å²) >= 11 is 4.29. The molecule has 2 aromatic carbocycles. The molecule has 0 radical (unpaired) electrons. The summed E-state index contributed by atoms with van der Waals surface area (Å²) in [6.07, 6.45) is 1.31. The van der Waals surface area contributed by atoms with Crippen molar-refractivity contribution >= 4 is 41.3 Å². The summed E-state index contributed by atoms with van der Waals surface area (Å²) in [7, 11) is 0. The summed E-state index contributed by atoms with van der Waals surface area (Å²) < 4.78 is 1.10. The van der Waals surface area contributed by atoms with Gasteiger partial charge in [0, 0.05) is 10.8 Å². The molecular weight excluding hydrogens is 376 g/mol. The summed E-state index contributed by atoms with van der Waals surface area (Å²) in [5, 5.41) is 22.0. The predicted octanol–water partition coefficient (Wildman–Crippen LogP) is 3.93. The number of benzene rings is 2. The van der Waals surface area contributed by atoms with E-state index in [1.165, 1.54) is 6.20 Å². The number of carboxylic acid groups (broad SMARTS) is 1. The van der Waals surface area contributed by atoms with Crippen LogP contribution in [0.1, 0.15) is 34.6 Å². The first-order chi connectivity index (χ1) is 13.4. The molecule has 3 aromatic rings. The average Bonchev–Trinajstić information content (AvgIpc) is 2.72. The fourth-order valence-electron chi connectivity index (χ4n) is 2.80. The highest BCUT2D eigenvalue weighted by Crippen LogP contribution is 2.29. The van der Waals surface area contributed by atoms with Crippen LogP contribution in [0.25, 0.3) is 10.8 Å². The summed E-state index contributed by atoms with van der Waals surface area (Å²) in [6.45, 7) is 1.81. The number of nitriles is 1. The van der Waals surface area contributed by atoms with Crippen LogP contribution in [0.15, 0.2) is 54.7 Å². The van der Waals surface area contributed by atoms with E-state index in [1.54, 1.807) is 48.5 Å². The number of aromatic nitrogens is 1. The lowest BCUT2D eigenvalue weighted by atomic mass is 10.1. The lowest BCUT2D eigenvalue weighted by Crippen LogP contribution is -2.36. The number of carbonyl (C=O) groups excluding carboxylic acids is 1. The molecule has 1 atom stereocenters. The molecule has 140 valence electrons. The number of urea groups is 1. The molecule has 1 heterocycles. The Morgan fingerprint density at radius 3 is 2.43 bits per heavy atom. The highest BCUT2D eigenvalue weighted by atomic mass is 32.1. The van der Waals surface area contributed by atoms with Crippen molar-refractivity contribution in [3.8, 4) is 6.07 Å². The maximum absolute atomic E-state index is 12.7. The molecule has 8 heteroatoms. The summed E-state index contributed by atoms with van der Waals surface area (Å²) in [6, 6.07) is 14.9. The minimum atomic E-state index is -1.15. The molecule has 2 N–H and O–H groups in total. The first kappa shape index (κ1) is 19.2. The molecule has 3 rings (SSSR count). The van der Waals surface area contributed by atoms with E-state index in [2.05, 4.69) is 23.1 Å². The molecule has 1 unspecified atom stereocenters. The smallest absolute Gasteiger partial charge is 0.355 e. The number of amides is 2. The number of fused-ring (bicyclic) bond motifs is 1. The van der Waals surface area contributed by atoms with Crippen molar-refractivity contribution in [2.24, 2.45) is 0 Å². The summed E-state index contributed by atoms with van der Waals surface area (Å²) in [5.41, 5.74) is 1.65. The minimum absolute atomic E-state index is 0.0903. The Bertz CT molecular complexity index is 1090. The standard InChI is InChI=1S/C20H16N4O3S/c1-12(14-8-6-13(10-21)7-9-14)23-20(27)24(28)17-11-22-18(19(25)26)16-5-3-2-4-15(16)17/h2-9,11-12,28H,1H3,(H,23,27)(H,25,26). The number of rotatable bonds is 4. The van der Waals surface area contributed by atoms with Gasteiger partial charge in [-0.05, 0) is 24.6 Å². The topological polar surface area (TPSA) is 106 Å². The van der Waals surface area contributed by atoms with Crippen molar-refractivity contribution in [2.75, 3.05) is 4.31 Å². The fourth-order valence-corrected chi connectivity index (χ4v) is 3.02. The molecule has 0 bridgehead atoms. The molecule has 0 saturated heterocycles. The van der Waals surface area contributed by atoms with Crippen LogP contribution in [0.5, 0.6) is 0 Å². The van der Waals surface area contributed by atoms with E-state index >= 15 is 0 Å². The predicted molar refractivity (Wildman–Crippen MR) is 108 cm³/mol. The maximum atomic E-state index is 12.7. The molecule has 0 fully saturated rings. The van der Waals surface area contributed by atoms with Crippen molar-refractivity contribution in [3.05, 3.63) is 71.5 Å². The normalized spacial score (nSPS) is 11.5. The van der Waals surface area contributed by atoms with Crippen molar-refractivity contribution in [3.63, 3.8) is 0 Å². The number of nitrogens with zero attached hydrogens (tertiary/aromatic N) is 3. The lowest BCUT2D eigenvalue weighted by Gasteiger charge is -2.22. The van der Waals surface area contributed by atoms with Gasteiger partial charge in [-0.2, -0.15) is 5.26 Å². The largest absolute Gasteiger partial charge is 0.476 e. The van der Waals surface area contributed by atoms with Gasteiger partial charge in [-0.1, -0.05) is 49.2 Å². The van der Waals surface area contributed by atoms with Crippen LogP contribution in [-0.2, 0) is 0 Å². The van der Waals surface area contributed by atoms with Gasteiger partial charge in [0.15, 0.2) is 5.69 Å². The fraction of sp³-hybridized carbons (Fsp3) is 0.100. The van der Waals surface area contributed by atoms with Gasteiger partial charge in [0.2, 0.25) is 0 Å². The molecule has 0 aliphatic carbocycles.